The molecule has 0 aromatic heterocycles. The Morgan fingerprint density at radius 1 is 1.28 bits per heavy atom. The molecule has 0 aliphatic rings. The van der Waals surface area contributed by atoms with Crippen molar-refractivity contribution in [1.29, 1.82) is 0 Å². The lowest BCUT2D eigenvalue weighted by atomic mass is 10.1. The normalized spacial score (nSPS) is 10.2. The second-order valence-corrected chi connectivity index (χ2v) is 4.39. The van der Waals surface area contributed by atoms with Crippen molar-refractivity contribution < 1.29 is 14.3 Å². The molecule has 0 atom stereocenters. The van der Waals surface area contributed by atoms with Gasteiger partial charge in [-0.25, -0.2) is 0 Å². The Morgan fingerprint density at radius 3 is 2.67 bits per heavy atom. The van der Waals surface area contributed by atoms with Crippen molar-refractivity contribution in [3.05, 3.63) is 23.8 Å². The highest BCUT2D eigenvalue weighted by Crippen LogP contribution is 2.28. The molecule has 0 radical (unpaired) electrons. The van der Waals surface area contributed by atoms with E-state index in [9.17, 15) is 4.79 Å². The van der Waals surface area contributed by atoms with Crippen LogP contribution in [0.4, 0.5) is 0 Å². The van der Waals surface area contributed by atoms with Gasteiger partial charge in [0.25, 0.3) is 0 Å². The van der Waals surface area contributed by atoms with E-state index < -0.39 is 0 Å². The largest absolute Gasteiger partial charge is 0.493 e. The van der Waals surface area contributed by atoms with E-state index in [2.05, 4.69) is 6.92 Å². The number of aryl methyl sites for hydroxylation is 1. The lowest BCUT2D eigenvalue weighted by molar-refractivity contribution is -0.117. The fourth-order valence-electron chi connectivity index (χ4n) is 1.74. The van der Waals surface area contributed by atoms with E-state index >= 15 is 0 Å². The molecule has 0 fully saturated rings. The fourth-order valence-corrected chi connectivity index (χ4v) is 1.74. The molecule has 0 spiro atoms. The zero-order valence-corrected chi connectivity index (χ0v) is 11.5. The second-order valence-electron chi connectivity index (χ2n) is 4.39. The van der Waals surface area contributed by atoms with E-state index in [0.717, 1.165) is 30.8 Å². The molecule has 0 aliphatic heterocycles. The lowest BCUT2D eigenvalue weighted by Crippen LogP contribution is -1.99. The molecule has 0 saturated carbocycles. The van der Waals surface area contributed by atoms with Gasteiger partial charge in [-0.15, -0.1) is 0 Å². The first kappa shape index (κ1) is 14.6. The molecule has 0 bridgehead atoms. The Morgan fingerprint density at radius 2 is 2.06 bits per heavy atom. The van der Waals surface area contributed by atoms with E-state index in [4.69, 9.17) is 9.47 Å². The van der Waals surface area contributed by atoms with Crippen LogP contribution in [0.5, 0.6) is 11.5 Å². The summed E-state index contributed by atoms with van der Waals surface area (Å²) in [7, 11) is 1.65. The first-order valence-corrected chi connectivity index (χ1v) is 6.46. The van der Waals surface area contributed by atoms with E-state index in [1.54, 1.807) is 14.0 Å². The minimum atomic E-state index is 0.241. The summed E-state index contributed by atoms with van der Waals surface area (Å²) >= 11 is 0. The van der Waals surface area contributed by atoms with Gasteiger partial charge in [0.1, 0.15) is 5.78 Å². The highest BCUT2D eigenvalue weighted by atomic mass is 16.5. The number of ether oxygens (including phenoxy) is 2. The van der Waals surface area contributed by atoms with Gasteiger partial charge < -0.3 is 14.3 Å². The van der Waals surface area contributed by atoms with Crippen molar-refractivity contribution in [2.24, 2.45) is 0 Å². The Bertz CT molecular complexity index is 385. The van der Waals surface area contributed by atoms with Crippen LogP contribution in [0.1, 0.15) is 38.7 Å². The summed E-state index contributed by atoms with van der Waals surface area (Å²) in [6.07, 6.45) is 3.39. The van der Waals surface area contributed by atoms with Gasteiger partial charge in [0.05, 0.1) is 13.7 Å². The molecule has 18 heavy (non-hydrogen) atoms. The van der Waals surface area contributed by atoms with Crippen LogP contribution < -0.4 is 9.47 Å². The smallest absolute Gasteiger partial charge is 0.161 e. The van der Waals surface area contributed by atoms with E-state index in [1.807, 2.05) is 18.2 Å². The number of hydrogen-bond donors (Lipinski definition) is 0. The van der Waals surface area contributed by atoms with Crippen LogP contribution in [0, 0.1) is 0 Å². The molecule has 3 heteroatoms. The summed E-state index contributed by atoms with van der Waals surface area (Å²) in [5, 5.41) is 0. The third-order valence-electron chi connectivity index (χ3n) is 2.68. The van der Waals surface area contributed by atoms with Crippen molar-refractivity contribution in [3.63, 3.8) is 0 Å². The Hall–Kier alpha value is -1.51. The van der Waals surface area contributed by atoms with Crippen molar-refractivity contribution >= 4 is 5.78 Å². The minimum Gasteiger partial charge on any atom is -0.493 e. The third-order valence-corrected chi connectivity index (χ3v) is 2.68. The van der Waals surface area contributed by atoms with Crippen LogP contribution in [0.25, 0.3) is 0 Å². The van der Waals surface area contributed by atoms with E-state index in [0.29, 0.717) is 13.0 Å². The highest BCUT2D eigenvalue weighted by Gasteiger charge is 2.05. The number of carbonyl (C=O) groups is 1. The number of rotatable bonds is 8. The van der Waals surface area contributed by atoms with E-state index in [-0.39, 0.29) is 5.78 Å². The Kier molecular flexibility index (Phi) is 6.26. The first-order chi connectivity index (χ1) is 8.67. The predicted molar refractivity (Wildman–Crippen MR) is 72.4 cm³/mol. The average molecular weight is 250 g/mol. The monoisotopic (exact) mass is 250 g/mol. The molecule has 0 unspecified atom stereocenters. The number of methoxy groups -OCH3 is 1. The standard InChI is InChI=1S/C15H22O3/c1-4-10-18-14-9-8-13(11-15(14)17-3)7-5-6-12(2)16/h8-9,11H,4-7,10H2,1-3H3. The van der Waals surface area contributed by atoms with Gasteiger partial charge in [-0.05, 0) is 43.9 Å². The van der Waals surface area contributed by atoms with Gasteiger partial charge in [-0.1, -0.05) is 13.0 Å². The summed E-state index contributed by atoms with van der Waals surface area (Å²) < 4.78 is 10.9. The average Bonchev–Trinajstić information content (AvgIpc) is 2.36. The predicted octanol–water partition coefficient (Wildman–Crippen LogP) is 3.40. The van der Waals surface area contributed by atoms with Crippen LogP contribution in [0.2, 0.25) is 0 Å². The molecule has 100 valence electrons. The topological polar surface area (TPSA) is 35.5 Å². The molecule has 1 aromatic rings. The van der Waals surface area contributed by atoms with Gasteiger partial charge in [0.2, 0.25) is 0 Å². The summed E-state index contributed by atoms with van der Waals surface area (Å²) in [5.74, 6) is 1.79. The van der Waals surface area contributed by atoms with Gasteiger partial charge in [0, 0.05) is 6.42 Å². The van der Waals surface area contributed by atoms with Crippen molar-refractivity contribution in [2.45, 2.75) is 39.5 Å². The van der Waals surface area contributed by atoms with Crippen LogP contribution in [-0.4, -0.2) is 19.5 Å². The molecule has 0 heterocycles. The lowest BCUT2D eigenvalue weighted by Gasteiger charge is -2.11. The minimum absolute atomic E-state index is 0.241. The summed E-state index contributed by atoms with van der Waals surface area (Å²) in [4.78, 5) is 10.9. The molecule has 3 nitrogen and oxygen atoms in total. The van der Waals surface area contributed by atoms with Crippen LogP contribution in [-0.2, 0) is 11.2 Å². The maximum Gasteiger partial charge on any atom is 0.161 e. The molecule has 1 rings (SSSR count). The maximum atomic E-state index is 10.9. The number of hydrogen-bond acceptors (Lipinski definition) is 3. The van der Waals surface area contributed by atoms with Crippen LogP contribution in [0.3, 0.4) is 0 Å². The summed E-state index contributed by atoms with van der Waals surface area (Å²) in [6, 6.07) is 5.97. The number of ketones is 1. The zero-order chi connectivity index (χ0) is 13.4. The van der Waals surface area contributed by atoms with Crippen molar-refractivity contribution in [1.82, 2.24) is 0 Å². The van der Waals surface area contributed by atoms with Crippen molar-refractivity contribution in [3.8, 4) is 11.5 Å². The number of carbonyl (C=O) groups excluding carboxylic acids is 1. The molecule has 0 saturated heterocycles. The molecule has 0 aliphatic carbocycles. The quantitative estimate of drug-likeness (QED) is 0.709. The Labute approximate surface area is 109 Å². The second kappa shape index (κ2) is 7.75. The molecule has 0 N–H and O–H groups in total. The molecule has 0 amide bonds. The summed E-state index contributed by atoms with van der Waals surface area (Å²) in [5.41, 5.74) is 1.18. The van der Waals surface area contributed by atoms with E-state index in [1.165, 1.54) is 5.56 Å². The third kappa shape index (κ3) is 4.78. The molecular formula is C15H22O3. The van der Waals surface area contributed by atoms with Crippen LogP contribution >= 0.6 is 0 Å². The Balaban J connectivity index is 2.63. The zero-order valence-electron chi connectivity index (χ0n) is 11.5. The fraction of sp³-hybridized carbons (Fsp3) is 0.533. The van der Waals surface area contributed by atoms with Gasteiger partial charge in [-0.2, -0.15) is 0 Å². The first-order valence-electron chi connectivity index (χ1n) is 6.46. The highest BCUT2D eigenvalue weighted by molar-refractivity contribution is 5.75. The van der Waals surface area contributed by atoms with Crippen molar-refractivity contribution in [2.75, 3.05) is 13.7 Å². The number of benzene rings is 1. The molecular weight excluding hydrogens is 228 g/mol. The van der Waals surface area contributed by atoms with Gasteiger partial charge in [-0.3, -0.25) is 0 Å². The van der Waals surface area contributed by atoms with Crippen LogP contribution in [0.15, 0.2) is 18.2 Å². The van der Waals surface area contributed by atoms with Gasteiger partial charge >= 0.3 is 0 Å². The maximum absolute atomic E-state index is 10.9. The number of Topliss-reactive ketones (excluding diaryl/α,β-unsaturated/α-hetero) is 1. The summed E-state index contributed by atoms with van der Waals surface area (Å²) in [6.45, 7) is 4.39. The van der Waals surface area contributed by atoms with Gasteiger partial charge in [0.15, 0.2) is 11.5 Å². The molecule has 1 aromatic carbocycles. The SMILES string of the molecule is CCCOc1ccc(CCCC(C)=O)cc1OC.